The summed E-state index contributed by atoms with van der Waals surface area (Å²) in [4.78, 5) is 4.63. The summed E-state index contributed by atoms with van der Waals surface area (Å²) in [7, 11) is 0. The van der Waals surface area contributed by atoms with Crippen molar-refractivity contribution in [3.8, 4) is 11.3 Å². The number of halogens is 3. The van der Waals surface area contributed by atoms with Crippen molar-refractivity contribution >= 4 is 53.4 Å². The van der Waals surface area contributed by atoms with Crippen molar-refractivity contribution < 1.29 is 0 Å². The van der Waals surface area contributed by atoms with E-state index in [9.17, 15) is 0 Å². The Hall–Kier alpha value is -0.650. The molecule has 0 aliphatic carbocycles. The highest BCUT2D eigenvalue weighted by Gasteiger charge is 2.11. The lowest BCUT2D eigenvalue weighted by Crippen LogP contribution is -1.83. The van der Waals surface area contributed by atoms with Crippen LogP contribution in [0, 0.1) is 0 Å². The van der Waals surface area contributed by atoms with E-state index >= 15 is 0 Å². The van der Waals surface area contributed by atoms with Gasteiger partial charge in [-0.2, -0.15) is 0 Å². The summed E-state index contributed by atoms with van der Waals surface area (Å²) >= 11 is 10.5. The molecule has 2 aromatic heterocycles. The zero-order valence-electron chi connectivity index (χ0n) is 9.07. The van der Waals surface area contributed by atoms with Crippen LogP contribution in [0.4, 0.5) is 0 Å². The molecule has 0 atom stereocenters. The monoisotopic (exact) mass is 428 g/mol. The topological polar surface area (TPSA) is 17.3 Å². The molecule has 1 aromatic carbocycles. The van der Waals surface area contributed by atoms with Crippen molar-refractivity contribution in [1.29, 1.82) is 0 Å². The molecule has 0 aliphatic rings. The van der Waals surface area contributed by atoms with Gasteiger partial charge < -0.3 is 0 Å². The number of pyridine rings is 1. The maximum absolute atomic E-state index is 4.63. The van der Waals surface area contributed by atoms with Gasteiger partial charge in [0.1, 0.15) is 15.9 Å². The Morgan fingerprint density at radius 3 is 2.22 bits per heavy atom. The largest absolute Gasteiger partial charge is 0.293 e. The van der Waals surface area contributed by atoms with Gasteiger partial charge in [0.15, 0.2) is 0 Å². The smallest absolute Gasteiger partial charge is 0.138 e. The van der Waals surface area contributed by atoms with Gasteiger partial charge >= 0.3 is 0 Å². The average Bonchev–Trinajstić information content (AvgIpc) is 2.68. The Labute approximate surface area is 129 Å². The molecule has 0 aliphatic heterocycles. The standard InChI is InChI=1S/C13H7Br3N2/c14-9-3-1-8(2-4-9)12-13(16)18-7-10(15)5-6-11(18)17-12/h1-7H. The third kappa shape index (κ3) is 2.15. The summed E-state index contributed by atoms with van der Waals surface area (Å²) in [6.45, 7) is 0. The fourth-order valence-electron chi connectivity index (χ4n) is 1.78. The van der Waals surface area contributed by atoms with E-state index in [1.165, 1.54) is 0 Å². The highest BCUT2D eigenvalue weighted by molar-refractivity contribution is 9.11. The van der Waals surface area contributed by atoms with Crippen molar-refractivity contribution in [2.45, 2.75) is 0 Å². The van der Waals surface area contributed by atoms with Crippen LogP contribution in [0.15, 0.2) is 56.1 Å². The third-order valence-electron chi connectivity index (χ3n) is 2.64. The number of aromatic nitrogens is 2. The summed E-state index contributed by atoms with van der Waals surface area (Å²) in [5, 5.41) is 0. The zero-order chi connectivity index (χ0) is 12.7. The van der Waals surface area contributed by atoms with Crippen molar-refractivity contribution in [3.63, 3.8) is 0 Å². The molecular weight excluding hydrogens is 424 g/mol. The lowest BCUT2D eigenvalue weighted by Gasteiger charge is -1.98. The molecule has 0 unspecified atom stereocenters. The van der Waals surface area contributed by atoms with Crippen LogP contribution in [0.1, 0.15) is 0 Å². The van der Waals surface area contributed by atoms with Gasteiger partial charge in [-0.3, -0.25) is 4.40 Å². The Morgan fingerprint density at radius 1 is 0.833 bits per heavy atom. The van der Waals surface area contributed by atoms with Crippen LogP contribution < -0.4 is 0 Å². The number of fused-ring (bicyclic) bond motifs is 1. The highest BCUT2D eigenvalue weighted by atomic mass is 79.9. The molecule has 2 heterocycles. The fraction of sp³-hybridized carbons (Fsp3) is 0. The molecular formula is C13H7Br3N2. The summed E-state index contributed by atoms with van der Waals surface area (Å²) in [6, 6.07) is 12.1. The van der Waals surface area contributed by atoms with E-state index in [1.807, 2.05) is 47.0 Å². The Kier molecular flexibility index (Phi) is 3.30. The molecule has 3 rings (SSSR count). The van der Waals surface area contributed by atoms with Crippen molar-refractivity contribution in [2.24, 2.45) is 0 Å². The van der Waals surface area contributed by atoms with Crippen LogP contribution >= 0.6 is 47.8 Å². The predicted molar refractivity (Wildman–Crippen MR) is 83.7 cm³/mol. The van der Waals surface area contributed by atoms with E-state index in [2.05, 4.69) is 52.8 Å². The minimum Gasteiger partial charge on any atom is -0.293 e. The maximum atomic E-state index is 4.63. The molecule has 0 spiro atoms. The summed E-state index contributed by atoms with van der Waals surface area (Å²) in [5.74, 6) is 0. The molecule has 90 valence electrons. The van der Waals surface area contributed by atoms with E-state index in [0.717, 1.165) is 30.5 Å². The van der Waals surface area contributed by atoms with Gasteiger partial charge in [-0.1, -0.05) is 28.1 Å². The maximum Gasteiger partial charge on any atom is 0.138 e. The van der Waals surface area contributed by atoms with Crippen LogP contribution in [0.5, 0.6) is 0 Å². The fourth-order valence-corrected chi connectivity index (χ4v) is 2.98. The van der Waals surface area contributed by atoms with Gasteiger partial charge in [-0.25, -0.2) is 4.98 Å². The second kappa shape index (κ2) is 4.79. The number of imidazole rings is 1. The van der Waals surface area contributed by atoms with Gasteiger partial charge in [0.05, 0.1) is 0 Å². The number of hydrogen-bond acceptors (Lipinski definition) is 1. The third-order valence-corrected chi connectivity index (χ3v) is 4.40. The van der Waals surface area contributed by atoms with Crippen LogP contribution in [-0.2, 0) is 0 Å². The SMILES string of the molecule is Brc1ccc(-c2nc3ccc(Br)cn3c2Br)cc1. The second-order valence-electron chi connectivity index (χ2n) is 3.83. The Balaban J connectivity index is 2.23. The van der Waals surface area contributed by atoms with E-state index in [4.69, 9.17) is 0 Å². The predicted octanol–water partition coefficient (Wildman–Crippen LogP) is 5.29. The summed E-state index contributed by atoms with van der Waals surface area (Å²) in [6.07, 6.45) is 1.99. The number of rotatable bonds is 1. The first-order valence-corrected chi connectivity index (χ1v) is 7.62. The van der Waals surface area contributed by atoms with E-state index in [-0.39, 0.29) is 0 Å². The molecule has 18 heavy (non-hydrogen) atoms. The minimum atomic E-state index is 0.919. The van der Waals surface area contributed by atoms with Gasteiger partial charge in [-0.15, -0.1) is 0 Å². The molecule has 5 heteroatoms. The molecule has 0 N–H and O–H groups in total. The Bertz CT molecular complexity index is 717. The molecule has 2 nitrogen and oxygen atoms in total. The molecule has 0 saturated heterocycles. The highest BCUT2D eigenvalue weighted by Crippen LogP contribution is 2.30. The first kappa shape index (κ1) is 12.4. The van der Waals surface area contributed by atoms with Crippen LogP contribution in [0.3, 0.4) is 0 Å². The Morgan fingerprint density at radius 2 is 1.50 bits per heavy atom. The summed E-state index contributed by atoms with van der Waals surface area (Å²) < 4.78 is 5.06. The van der Waals surface area contributed by atoms with Crippen molar-refractivity contribution in [2.75, 3.05) is 0 Å². The van der Waals surface area contributed by atoms with Crippen LogP contribution in [-0.4, -0.2) is 9.38 Å². The first-order chi connectivity index (χ1) is 8.65. The minimum absolute atomic E-state index is 0.919. The lowest BCUT2D eigenvalue weighted by atomic mass is 10.2. The van der Waals surface area contributed by atoms with Crippen LogP contribution in [0.2, 0.25) is 0 Å². The van der Waals surface area contributed by atoms with Gasteiger partial charge in [0.2, 0.25) is 0 Å². The number of benzene rings is 1. The van der Waals surface area contributed by atoms with Gasteiger partial charge in [0, 0.05) is 20.7 Å². The van der Waals surface area contributed by atoms with Gasteiger partial charge in [-0.05, 0) is 56.1 Å². The molecule has 0 bridgehead atoms. The van der Waals surface area contributed by atoms with E-state index < -0.39 is 0 Å². The molecule has 0 saturated carbocycles. The molecule has 0 fully saturated rings. The molecule has 0 amide bonds. The van der Waals surface area contributed by atoms with Crippen LogP contribution in [0.25, 0.3) is 16.9 Å². The molecule has 3 aromatic rings. The zero-order valence-corrected chi connectivity index (χ0v) is 13.8. The van der Waals surface area contributed by atoms with Crippen molar-refractivity contribution in [3.05, 3.63) is 56.1 Å². The quantitative estimate of drug-likeness (QED) is 0.512. The lowest BCUT2D eigenvalue weighted by molar-refractivity contribution is 1.14. The number of hydrogen-bond donors (Lipinski definition) is 0. The van der Waals surface area contributed by atoms with Crippen molar-refractivity contribution in [1.82, 2.24) is 9.38 Å². The normalized spacial score (nSPS) is 11.1. The first-order valence-electron chi connectivity index (χ1n) is 5.24. The number of nitrogens with zero attached hydrogens (tertiary/aromatic N) is 2. The molecule has 0 radical (unpaired) electrons. The second-order valence-corrected chi connectivity index (χ2v) is 6.42. The summed E-state index contributed by atoms with van der Waals surface area (Å²) in [5.41, 5.74) is 2.95. The van der Waals surface area contributed by atoms with E-state index in [1.54, 1.807) is 0 Å². The van der Waals surface area contributed by atoms with Gasteiger partial charge in [0.25, 0.3) is 0 Å². The van der Waals surface area contributed by atoms with E-state index in [0.29, 0.717) is 0 Å². The average molecular weight is 431 g/mol.